The molecule has 6 heteroatoms. The second-order valence-corrected chi connectivity index (χ2v) is 8.54. The van der Waals surface area contributed by atoms with E-state index in [4.69, 9.17) is 22.3 Å². The monoisotopic (exact) mass is 399 g/mol. The molecule has 0 spiro atoms. The molecule has 4 nitrogen and oxygen atoms in total. The first-order chi connectivity index (χ1) is 13.0. The van der Waals surface area contributed by atoms with Gasteiger partial charge in [-0.05, 0) is 37.1 Å². The van der Waals surface area contributed by atoms with E-state index in [0.717, 1.165) is 34.3 Å². The Morgan fingerprint density at radius 1 is 1.15 bits per heavy atom. The number of carbonyl (C=O) groups excluding carboxylic acids is 1. The van der Waals surface area contributed by atoms with Crippen LogP contribution in [-0.2, 0) is 0 Å². The maximum absolute atomic E-state index is 13.0. The van der Waals surface area contributed by atoms with E-state index < -0.39 is 0 Å². The summed E-state index contributed by atoms with van der Waals surface area (Å²) in [6.45, 7) is 0. The molecule has 0 atom stereocenters. The van der Waals surface area contributed by atoms with Gasteiger partial charge in [0.2, 0.25) is 0 Å². The minimum absolute atomic E-state index is 0.00967. The largest absolute Gasteiger partial charge is 0.397 e. The first-order valence-corrected chi connectivity index (χ1v) is 10.5. The Labute approximate surface area is 168 Å². The van der Waals surface area contributed by atoms with Gasteiger partial charge in [-0.2, -0.15) is 0 Å². The zero-order valence-electron chi connectivity index (χ0n) is 15.2. The fourth-order valence-electron chi connectivity index (χ4n) is 3.73. The summed E-state index contributed by atoms with van der Waals surface area (Å²) in [6, 6.07) is 11.8. The van der Waals surface area contributed by atoms with Crippen molar-refractivity contribution in [2.45, 2.75) is 38.1 Å². The van der Waals surface area contributed by atoms with Gasteiger partial charge in [-0.1, -0.05) is 43.0 Å². The quantitative estimate of drug-likeness (QED) is 0.623. The smallest absolute Gasteiger partial charge is 0.266 e. The van der Waals surface area contributed by atoms with Crippen LogP contribution in [0.4, 0.5) is 5.69 Å². The summed E-state index contributed by atoms with van der Waals surface area (Å²) in [5, 5.41) is 1.54. The van der Waals surface area contributed by atoms with Gasteiger partial charge in [0, 0.05) is 29.1 Å². The van der Waals surface area contributed by atoms with Crippen molar-refractivity contribution >= 4 is 44.7 Å². The molecule has 2 aromatic heterocycles. The van der Waals surface area contributed by atoms with E-state index >= 15 is 0 Å². The van der Waals surface area contributed by atoms with Crippen molar-refractivity contribution in [2.75, 3.05) is 12.8 Å². The van der Waals surface area contributed by atoms with E-state index in [9.17, 15) is 4.79 Å². The van der Waals surface area contributed by atoms with Crippen LogP contribution in [0.25, 0.3) is 21.5 Å². The number of halogens is 1. The average Bonchev–Trinajstić information content (AvgIpc) is 3.04. The Morgan fingerprint density at radius 3 is 2.56 bits per heavy atom. The zero-order valence-corrected chi connectivity index (χ0v) is 16.8. The lowest BCUT2D eigenvalue weighted by atomic mass is 9.94. The normalized spacial score (nSPS) is 15.2. The van der Waals surface area contributed by atoms with Gasteiger partial charge in [-0.15, -0.1) is 11.3 Å². The van der Waals surface area contributed by atoms with E-state index in [1.807, 2.05) is 48.3 Å². The molecule has 4 rings (SSSR count). The molecule has 1 fully saturated rings. The van der Waals surface area contributed by atoms with Gasteiger partial charge in [0.1, 0.15) is 9.71 Å². The summed E-state index contributed by atoms with van der Waals surface area (Å²) < 4.78 is 0. The molecule has 1 saturated carbocycles. The highest BCUT2D eigenvalue weighted by Crippen LogP contribution is 2.36. The fourth-order valence-corrected chi connectivity index (χ4v) is 4.93. The standard InChI is InChI=1S/C21H22ClN3OS/c1-25(15-5-3-2-4-6-15)21(26)19-18(23)16-11-12-17(24-20(16)27-19)13-7-9-14(22)10-8-13/h7-12,15H,2-6,23H2,1H3. The number of amides is 1. The van der Waals surface area contributed by atoms with Crippen molar-refractivity contribution in [1.82, 2.24) is 9.88 Å². The van der Waals surface area contributed by atoms with Crippen LogP contribution in [-0.4, -0.2) is 28.9 Å². The topological polar surface area (TPSA) is 59.2 Å². The number of nitrogens with zero attached hydrogens (tertiary/aromatic N) is 2. The van der Waals surface area contributed by atoms with Gasteiger partial charge in [0.15, 0.2) is 0 Å². The van der Waals surface area contributed by atoms with Crippen molar-refractivity contribution in [1.29, 1.82) is 0 Å². The molecule has 27 heavy (non-hydrogen) atoms. The number of fused-ring (bicyclic) bond motifs is 1. The van der Waals surface area contributed by atoms with Crippen LogP contribution in [0.2, 0.25) is 5.02 Å². The number of carbonyl (C=O) groups is 1. The minimum Gasteiger partial charge on any atom is -0.397 e. The van der Waals surface area contributed by atoms with E-state index in [-0.39, 0.29) is 5.91 Å². The molecule has 2 N–H and O–H groups in total. The Bertz CT molecular complexity index is 977. The number of nitrogen functional groups attached to an aromatic ring is 1. The number of pyridine rings is 1. The number of hydrogen-bond donors (Lipinski definition) is 1. The first kappa shape index (κ1) is 18.3. The molecule has 0 radical (unpaired) electrons. The molecule has 1 aliphatic carbocycles. The lowest BCUT2D eigenvalue weighted by Gasteiger charge is -2.31. The second-order valence-electron chi connectivity index (χ2n) is 7.11. The molecule has 0 bridgehead atoms. The van der Waals surface area contributed by atoms with Crippen LogP contribution in [0.5, 0.6) is 0 Å². The molecule has 1 amide bonds. The fraction of sp³-hybridized carbons (Fsp3) is 0.333. The summed E-state index contributed by atoms with van der Waals surface area (Å²) in [4.78, 5) is 21.0. The average molecular weight is 400 g/mol. The van der Waals surface area contributed by atoms with Gasteiger partial charge >= 0.3 is 0 Å². The number of nitrogens with two attached hydrogens (primary N) is 1. The highest BCUT2D eigenvalue weighted by atomic mass is 35.5. The number of anilines is 1. The van der Waals surface area contributed by atoms with Gasteiger partial charge in [-0.3, -0.25) is 4.79 Å². The number of thiophene rings is 1. The lowest BCUT2D eigenvalue weighted by molar-refractivity contribution is 0.0702. The number of aromatic nitrogens is 1. The van der Waals surface area contributed by atoms with Crippen molar-refractivity contribution in [3.63, 3.8) is 0 Å². The predicted octanol–water partition coefficient (Wildman–Crippen LogP) is 5.60. The highest BCUT2D eigenvalue weighted by Gasteiger charge is 2.26. The predicted molar refractivity (Wildman–Crippen MR) is 113 cm³/mol. The van der Waals surface area contributed by atoms with Crippen LogP contribution in [0, 0.1) is 0 Å². The van der Waals surface area contributed by atoms with Crippen molar-refractivity contribution in [3.8, 4) is 11.3 Å². The van der Waals surface area contributed by atoms with Crippen LogP contribution < -0.4 is 5.73 Å². The third-order valence-electron chi connectivity index (χ3n) is 5.37. The SMILES string of the molecule is CN(C(=O)c1sc2nc(-c3ccc(Cl)cc3)ccc2c1N)C1CCCCC1. The minimum atomic E-state index is 0.00967. The Balaban J connectivity index is 1.66. The van der Waals surface area contributed by atoms with Crippen LogP contribution in [0.1, 0.15) is 41.8 Å². The van der Waals surface area contributed by atoms with Gasteiger partial charge < -0.3 is 10.6 Å². The molecule has 0 aliphatic heterocycles. The van der Waals surface area contributed by atoms with E-state index in [2.05, 4.69) is 0 Å². The second kappa shape index (κ2) is 7.49. The third-order valence-corrected chi connectivity index (χ3v) is 6.73. The molecular formula is C21H22ClN3OS. The number of benzene rings is 1. The summed E-state index contributed by atoms with van der Waals surface area (Å²) in [7, 11) is 1.90. The Kier molecular flexibility index (Phi) is 5.06. The third kappa shape index (κ3) is 3.54. The summed E-state index contributed by atoms with van der Waals surface area (Å²) in [5.74, 6) is 0.00967. The number of rotatable bonds is 3. The molecular weight excluding hydrogens is 378 g/mol. The Morgan fingerprint density at radius 2 is 1.85 bits per heavy atom. The zero-order chi connectivity index (χ0) is 19.0. The first-order valence-electron chi connectivity index (χ1n) is 9.26. The molecule has 0 saturated heterocycles. The molecule has 1 aromatic carbocycles. The summed E-state index contributed by atoms with van der Waals surface area (Å²) in [5.41, 5.74) is 8.69. The molecule has 3 aromatic rings. The van der Waals surface area contributed by atoms with Gasteiger partial charge in [-0.25, -0.2) is 4.98 Å². The summed E-state index contributed by atoms with van der Waals surface area (Å²) >= 11 is 7.35. The van der Waals surface area contributed by atoms with Crippen LogP contribution in [0.15, 0.2) is 36.4 Å². The van der Waals surface area contributed by atoms with Gasteiger partial charge in [0.25, 0.3) is 5.91 Å². The van der Waals surface area contributed by atoms with Crippen molar-refractivity contribution in [3.05, 3.63) is 46.3 Å². The molecule has 0 unspecified atom stereocenters. The Hall–Kier alpha value is -2.11. The maximum atomic E-state index is 13.0. The summed E-state index contributed by atoms with van der Waals surface area (Å²) in [6.07, 6.45) is 5.80. The van der Waals surface area contributed by atoms with Crippen LogP contribution in [0.3, 0.4) is 0 Å². The molecule has 1 aliphatic rings. The van der Waals surface area contributed by atoms with Crippen molar-refractivity contribution in [2.24, 2.45) is 0 Å². The van der Waals surface area contributed by atoms with E-state index in [1.54, 1.807) is 0 Å². The lowest BCUT2D eigenvalue weighted by Crippen LogP contribution is -2.38. The van der Waals surface area contributed by atoms with Gasteiger partial charge in [0.05, 0.1) is 11.4 Å². The van der Waals surface area contributed by atoms with Crippen molar-refractivity contribution < 1.29 is 4.79 Å². The maximum Gasteiger partial charge on any atom is 0.266 e. The number of hydrogen-bond acceptors (Lipinski definition) is 4. The highest BCUT2D eigenvalue weighted by molar-refractivity contribution is 7.21. The molecule has 140 valence electrons. The van der Waals surface area contributed by atoms with E-state index in [1.165, 1.54) is 30.6 Å². The van der Waals surface area contributed by atoms with Crippen LogP contribution >= 0.6 is 22.9 Å². The van der Waals surface area contributed by atoms with E-state index in [0.29, 0.717) is 21.6 Å². The molecule has 2 heterocycles.